The normalized spacial score (nSPS) is 16.8. The van der Waals surface area contributed by atoms with Gasteiger partial charge in [-0.05, 0) is 47.2 Å². The zero-order valence-corrected chi connectivity index (χ0v) is 15.7. The molecule has 3 nitrogen and oxygen atoms in total. The number of H-pyrrole nitrogens is 1. The number of rotatable bonds is 4. The number of fused-ring (bicyclic) bond motifs is 1. The van der Waals surface area contributed by atoms with Gasteiger partial charge in [0.25, 0.3) is 5.56 Å². The molecule has 1 aromatic carbocycles. The summed E-state index contributed by atoms with van der Waals surface area (Å²) >= 11 is 0. The van der Waals surface area contributed by atoms with Crippen LogP contribution in [0, 0.1) is 6.92 Å². The van der Waals surface area contributed by atoms with Crippen molar-refractivity contribution in [3.63, 3.8) is 0 Å². The van der Waals surface area contributed by atoms with Crippen molar-refractivity contribution in [2.24, 2.45) is 0 Å². The molecular weight excluding hydrogens is 322 g/mol. The molecule has 0 spiro atoms. The molecule has 134 valence electrons. The molecule has 0 fully saturated rings. The van der Waals surface area contributed by atoms with Gasteiger partial charge in [0, 0.05) is 11.6 Å². The molecule has 1 aliphatic rings. The van der Waals surface area contributed by atoms with E-state index in [1.54, 1.807) is 0 Å². The van der Waals surface area contributed by atoms with Crippen molar-refractivity contribution < 1.29 is 4.74 Å². The van der Waals surface area contributed by atoms with E-state index in [1.807, 2.05) is 25.1 Å². The third-order valence-corrected chi connectivity index (χ3v) is 5.13. The second kappa shape index (κ2) is 7.20. The van der Waals surface area contributed by atoms with Crippen LogP contribution in [0.15, 0.2) is 59.6 Å². The number of nitrogens with one attached hydrogen (secondary N) is 1. The predicted molar refractivity (Wildman–Crippen MR) is 108 cm³/mol. The lowest BCUT2D eigenvalue weighted by Crippen LogP contribution is -2.24. The highest BCUT2D eigenvalue weighted by Gasteiger charge is 2.24. The van der Waals surface area contributed by atoms with Crippen LogP contribution in [0.2, 0.25) is 0 Å². The zero-order valence-electron chi connectivity index (χ0n) is 15.7. The van der Waals surface area contributed by atoms with Gasteiger partial charge in [0.1, 0.15) is 6.61 Å². The molecule has 3 rings (SSSR count). The van der Waals surface area contributed by atoms with E-state index < -0.39 is 0 Å². The van der Waals surface area contributed by atoms with Crippen molar-refractivity contribution in [3.8, 4) is 0 Å². The fraction of sp³-hybridized carbons (Fsp3) is 0.261. The molecule has 0 radical (unpaired) electrons. The topological polar surface area (TPSA) is 42.1 Å². The molecule has 0 saturated carbocycles. The van der Waals surface area contributed by atoms with Crippen LogP contribution in [-0.2, 0) is 11.3 Å². The highest BCUT2D eigenvalue weighted by Crippen LogP contribution is 2.33. The minimum absolute atomic E-state index is 0.00183. The number of hydrogen-bond donors (Lipinski definition) is 1. The van der Waals surface area contributed by atoms with E-state index in [0.717, 1.165) is 28.8 Å². The van der Waals surface area contributed by atoms with Crippen LogP contribution in [0.25, 0.3) is 11.6 Å². The molecule has 0 bridgehead atoms. The van der Waals surface area contributed by atoms with Crippen molar-refractivity contribution in [2.75, 3.05) is 0 Å². The first kappa shape index (κ1) is 18.0. The highest BCUT2D eigenvalue weighted by atomic mass is 16.5. The number of aromatic amines is 1. The quantitative estimate of drug-likeness (QED) is 0.759. The Kier molecular flexibility index (Phi) is 4.99. The summed E-state index contributed by atoms with van der Waals surface area (Å²) in [6, 6.07) is 10.3. The summed E-state index contributed by atoms with van der Waals surface area (Å²) in [6.07, 6.45) is 2.98. The summed E-state index contributed by atoms with van der Waals surface area (Å²) in [4.78, 5) is 15.5. The van der Waals surface area contributed by atoms with Gasteiger partial charge in [-0.15, -0.1) is 0 Å². The van der Waals surface area contributed by atoms with Crippen LogP contribution >= 0.6 is 0 Å². The molecule has 0 amide bonds. The van der Waals surface area contributed by atoms with Crippen LogP contribution in [0.4, 0.5) is 0 Å². The smallest absolute Gasteiger partial charge is 0.255 e. The Morgan fingerprint density at radius 2 is 2.12 bits per heavy atom. The average molecular weight is 347 g/mol. The van der Waals surface area contributed by atoms with Crippen LogP contribution in [-0.4, -0.2) is 4.98 Å². The number of aromatic nitrogens is 1. The van der Waals surface area contributed by atoms with Gasteiger partial charge in [-0.25, -0.2) is 0 Å². The number of allylic oxidation sites excluding steroid dienone is 3. The number of hydrogen-bond acceptors (Lipinski definition) is 2. The fourth-order valence-electron chi connectivity index (χ4n) is 3.28. The van der Waals surface area contributed by atoms with Crippen LogP contribution in [0.1, 0.15) is 54.1 Å². The van der Waals surface area contributed by atoms with Gasteiger partial charge >= 0.3 is 0 Å². The van der Waals surface area contributed by atoms with Gasteiger partial charge in [-0.3, -0.25) is 4.79 Å². The minimum atomic E-state index is -0.107. The molecule has 1 aromatic heterocycles. The summed E-state index contributed by atoms with van der Waals surface area (Å²) in [7, 11) is 0. The Bertz CT molecular complexity index is 962. The van der Waals surface area contributed by atoms with E-state index in [9.17, 15) is 4.79 Å². The predicted octanol–water partition coefficient (Wildman–Crippen LogP) is 5.34. The first-order chi connectivity index (χ1) is 12.4. The molecule has 0 saturated heterocycles. The molecule has 2 heterocycles. The molecular formula is C23H25NO2. The number of pyridine rings is 1. The third kappa shape index (κ3) is 3.30. The molecule has 1 aliphatic heterocycles. The Balaban J connectivity index is 2.04. The standard InChI is InChI=1S/C23H25NO2/c1-6-18(11-19-10-8-7-9-14(19)2)16(4)22-12-20-15(3)17(5)26-13-21(20)23(25)24-22/h7-12,15H,4-6,13H2,1-3H3,(H,24,25)/b18-11-. The van der Waals surface area contributed by atoms with Gasteiger partial charge in [-0.2, -0.15) is 0 Å². The van der Waals surface area contributed by atoms with E-state index in [1.165, 1.54) is 11.1 Å². The van der Waals surface area contributed by atoms with Crippen LogP contribution in [0.5, 0.6) is 0 Å². The third-order valence-electron chi connectivity index (χ3n) is 5.13. The molecule has 26 heavy (non-hydrogen) atoms. The first-order valence-electron chi connectivity index (χ1n) is 8.95. The van der Waals surface area contributed by atoms with E-state index in [-0.39, 0.29) is 18.1 Å². The SMILES string of the molecule is C=C(/C(=C\c1ccccc1C)CC)c1cc2c(c(=O)[nH]1)COC(=C)C2C. The Labute approximate surface area is 154 Å². The van der Waals surface area contributed by atoms with Crippen LogP contribution in [0.3, 0.4) is 0 Å². The molecule has 1 atom stereocenters. The second-order valence-electron chi connectivity index (χ2n) is 6.78. The molecule has 2 aromatic rings. The lowest BCUT2D eigenvalue weighted by molar-refractivity contribution is 0.167. The van der Waals surface area contributed by atoms with Gasteiger partial charge < -0.3 is 9.72 Å². The summed E-state index contributed by atoms with van der Waals surface area (Å²) in [5.74, 6) is 0.698. The maximum absolute atomic E-state index is 12.5. The largest absolute Gasteiger partial charge is 0.493 e. The molecule has 3 heteroatoms. The first-order valence-corrected chi connectivity index (χ1v) is 8.95. The summed E-state index contributed by atoms with van der Waals surface area (Å²) in [6.45, 7) is 14.7. The Morgan fingerprint density at radius 3 is 2.81 bits per heavy atom. The fourth-order valence-corrected chi connectivity index (χ4v) is 3.28. The minimum Gasteiger partial charge on any atom is -0.493 e. The van der Waals surface area contributed by atoms with E-state index in [4.69, 9.17) is 4.74 Å². The van der Waals surface area contributed by atoms with Gasteiger partial charge in [0.2, 0.25) is 0 Å². The van der Waals surface area contributed by atoms with E-state index in [0.29, 0.717) is 11.3 Å². The molecule has 1 N–H and O–H groups in total. The van der Waals surface area contributed by atoms with E-state index in [2.05, 4.69) is 50.2 Å². The highest BCUT2D eigenvalue weighted by molar-refractivity contribution is 5.82. The van der Waals surface area contributed by atoms with Crippen LogP contribution < -0.4 is 5.56 Å². The Morgan fingerprint density at radius 1 is 1.38 bits per heavy atom. The number of benzene rings is 1. The number of ether oxygens (including phenoxy) is 1. The zero-order chi connectivity index (χ0) is 18.8. The molecule has 1 unspecified atom stereocenters. The van der Waals surface area contributed by atoms with Crippen molar-refractivity contribution in [1.29, 1.82) is 0 Å². The summed E-state index contributed by atoms with van der Waals surface area (Å²) in [5.41, 5.74) is 6.65. The van der Waals surface area contributed by atoms with Gasteiger partial charge in [0.15, 0.2) is 0 Å². The van der Waals surface area contributed by atoms with Gasteiger partial charge in [0.05, 0.1) is 11.3 Å². The lowest BCUT2D eigenvalue weighted by Gasteiger charge is -2.25. The average Bonchev–Trinajstić information content (AvgIpc) is 2.63. The van der Waals surface area contributed by atoms with E-state index >= 15 is 0 Å². The monoisotopic (exact) mass is 347 g/mol. The lowest BCUT2D eigenvalue weighted by atomic mass is 9.90. The molecule has 0 aliphatic carbocycles. The van der Waals surface area contributed by atoms with Gasteiger partial charge in [-0.1, -0.05) is 57.3 Å². The maximum atomic E-state index is 12.5. The second-order valence-corrected chi connectivity index (χ2v) is 6.78. The Hall–Kier alpha value is -2.81. The van der Waals surface area contributed by atoms with Crippen molar-refractivity contribution in [3.05, 3.63) is 93.1 Å². The number of aryl methyl sites for hydroxylation is 1. The maximum Gasteiger partial charge on any atom is 0.255 e. The summed E-state index contributed by atoms with van der Waals surface area (Å²) < 4.78 is 5.51. The van der Waals surface area contributed by atoms with Crippen molar-refractivity contribution in [1.82, 2.24) is 4.98 Å². The van der Waals surface area contributed by atoms with Crippen molar-refractivity contribution >= 4 is 11.6 Å². The summed E-state index contributed by atoms with van der Waals surface area (Å²) in [5, 5.41) is 0. The van der Waals surface area contributed by atoms with Crippen molar-refractivity contribution in [2.45, 2.75) is 39.7 Å².